The molecule has 0 aliphatic heterocycles. The average molecular weight is 606 g/mol. The maximum absolute atomic E-state index is 12.5. The topological polar surface area (TPSA) is 116 Å². The van der Waals surface area contributed by atoms with Gasteiger partial charge in [-0.3, -0.25) is 9.32 Å². The lowest BCUT2D eigenvalue weighted by molar-refractivity contribution is -0.123. The molecule has 0 aliphatic rings. The summed E-state index contributed by atoms with van der Waals surface area (Å²) >= 11 is 0. The molecular weight excluding hydrogens is 537 g/mol. The Morgan fingerprint density at radius 1 is 0.610 bits per heavy atom. The molecule has 2 atom stereocenters. The molecule has 41 heavy (non-hydrogen) atoms. The molecule has 8 heteroatoms. The molecule has 1 amide bonds. The Morgan fingerprint density at radius 3 is 1.32 bits per heavy atom. The number of carbonyl (C=O) groups is 1. The van der Waals surface area contributed by atoms with Crippen LogP contribution in [0.2, 0.25) is 0 Å². The Balaban J connectivity index is 4.00. The normalized spacial score (nSPS) is 13.4. The van der Waals surface area contributed by atoms with Crippen LogP contribution >= 0.6 is 7.82 Å². The van der Waals surface area contributed by atoms with Gasteiger partial charge in [0.1, 0.15) is 0 Å². The van der Waals surface area contributed by atoms with Crippen molar-refractivity contribution in [2.24, 2.45) is 0 Å². The average Bonchev–Trinajstić information content (AvgIpc) is 2.93. The molecule has 0 rings (SSSR count). The molecule has 0 saturated carbocycles. The lowest BCUT2D eigenvalue weighted by Gasteiger charge is -2.24. The summed E-state index contributed by atoms with van der Waals surface area (Å²) in [7, 11) is -4.67. The van der Waals surface area contributed by atoms with E-state index >= 15 is 0 Å². The Hall–Kier alpha value is -0.460. The van der Waals surface area contributed by atoms with E-state index < -0.39 is 26.6 Å². The first-order valence-electron chi connectivity index (χ1n) is 17.5. The minimum atomic E-state index is -4.67. The van der Waals surface area contributed by atoms with E-state index in [1.165, 1.54) is 122 Å². The van der Waals surface area contributed by atoms with Crippen molar-refractivity contribution in [3.05, 3.63) is 0 Å². The maximum Gasteiger partial charge on any atom is 0.469 e. The standard InChI is InChI=1S/C33H68NO6P/c1-3-5-7-9-11-13-15-17-18-20-22-24-26-28-32(35)31(30-40-41(37,38)39)34-33(36)29-27-25-23-21-19-16-14-12-10-8-6-4-2/h31-32,35H,3-30H2,1-2H3,(H,34,36)(H2,37,38,39)/t31-,32+/m0/s1. The van der Waals surface area contributed by atoms with Crippen molar-refractivity contribution in [1.82, 2.24) is 5.32 Å². The molecule has 0 aromatic rings. The number of phosphoric ester groups is 1. The van der Waals surface area contributed by atoms with Crippen LogP contribution in [-0.4, -0.2) is 39.6 Å². The summed E-state index contributed by atoms with van der Waals surface area (Å²) in [5.74, 6) is -0.194. The molecule has 0 radical (unpaired) electrons. The van der Waals surface area contributed by atoms with Gasteiger partial charge < -0.3 is 20.2 Å². The van der Waals surface area contributed by atoms with Gasteiger partial charge in [-0.2, -0.15) is 0 Å². The predicted octanol–water partition coefficient (Wildman–Crippen LogP) is 9.51. The van der Waals surface area contributed by atoms with Gasteiger partial charge in [-0.25, -0.2) is 4.57 Å². The Morgan fingerprint density at radius 2 is 0.951 bits per heavy atom. The van der Waals surface area contributed by atoms with Crippen molar-refractivity contribution in [3.63, 3.8) is 0 Å². The van der Waals surface area contributed by atoms with Crippen LogP contribution in [0, 0.1) is 0 Å². The van der Waals surface area contributed by atoms with E-state index in [1.807, 2.05) is 0 Å². The van der Waals surface area contributed by atoms with Crippen molar-refractivity contribution in [1.29, 1.82) is 0 Å². The first-order chi connectivity index (χ1) is 19.8. The van der Waals surface area contributed by atoms with Gasteiger partial charge in [0.05, 0.1) is 18.8 Å². The lowest BCUT2D eigenvalue weighted by Crippen LogP contribution is -2.46. The fraction of sp³-hybridized carbons (Fsp3) is 0.970. The molecular formula is C33H68NO6P. The van der Waals surface area contributed by atoms with Crippen LogP contribution in [-0.2, 0) is 13.9 Å². The van der Waals surface area contributed by atoms with E-state index in [9.17, 15) is 14.5 Å². The third-order valence-corrected chi connectivity index (χ3v) is 8.58. The second kappa shape index (κ2) is 29.6. The number of hydrogen-bond acceptors (Lipinski definition) is 4. The number of amides is 1. The quantitative estimate of drug-likeness (QED) is 0.0448. The van der Waals surface area contributed by atoms with Gasteiger partial charge in [0.15, 0.2) is 0 Å². The molecule has 0 heterocycles. The van der Waals surface area contributed by atoms with E-state index in [0.717, 1.165) is 38.5 Å². The summed E-state index contributed by atoms with van der Waals surface area (Å²) in [6, 6.07) is -0.815. The third-order valence-electron chi connectivity index (χ3n) is 8.09. The zero-order valence-corrected chi connectivity index (χ0v) is 27.9. The number of aliphatic hydroxyl groups excluding tert-OH is 1. The van der Waals surface area contributed by atoms with Gasteiger partial charge in [0.25, 0.3) is 0 Å². The molecule has 0 aromatic heterocycles. The van der Waals surface area contributed by atoms with Gasteiger partial charge >= 0.3 is 7.82 Å². The Bertz CT molecular complexity index is 615. The van der Waals surface area contributed by atoms with Crippen molar-refractivity contribution in [3.8, 4) is 0 Å². The summed E-state index contributed by atoms with van der Waals surface area (Å²) in [5, 5.41) is 13.4. The van der Waals surface area contributed by atoms with E-state index in [1.54, 1.807) is 0 Å². The van der Waals surface area contributed by atoms with Gasteiger partial charge in [0, 0.05) is 6.42 Å². The van der Waals surface area contributed by atoms with Crippen LogP contribution in [0.1, 0.15) is 187 Å². The van der Waals surface area contributed by atoms with Crippen molar-refractivity contribution in [2.75, 3.05) is 6.61 Å². The van der Waals surface area contributed by atoms with Gasteiger partial charge in [0.2, 0.25) is 5.91 Å². The zero-order chi connectivity index (χ0) is 30.4. The highest BCUT2D eigenvalue weighted by atomic mass is 31.2. The van der Waals surface area contributed by atoms with Crippen molar-refractivity contribution >= 4 is 13.7 Å². The molecule has 0 aliphatic carbocycles. The molecule has 0 spiro atoms. The van der Waals surface area contributed by atoms with E-state index in [-0.39, 0.29) is 5.91 Å². The van der Waals surface area contributed by atoms with Crippen LogP contribution < -0.4 is 5.32 Å². The second-order valence-corrected chi connectivity index (χ2v) is 13.4. The summed E-state index contributed by atoms with van der Waals surface area (Å²) in [4.78, 5) is 30.7. The van der Waals surface area contributed by atoms with Gasteiger partial charge in [-0.05, 0) is 12.8 Å². The van der Waals surface area contributed by atoms with Crippen LogP contribution in [0.4, 0.5) is 0 Å². The number of carbonyl (C=O) groups excluding carboxylic acids is 1. The zero-order valence-electron chi connectivity index (χ0n) is 27.0. The van der Waals surface area contributed by atoms with Crippen LogP contribution in [0.3, 0.4) is 0 Å². The van der Waals surface area contributed by atoms with Gasteiger partial charge in [-0.15, -0.1) is 0 Å². The highest BCUT2D eigenvalue weighted by Crippen LogP contribution is 2.36. The summed E-state index contributed by atoms with van der Waals surface area (Å²) in [6.45, 7) is 4.10. The minimum absolute atomic E-state index is 0.194. The summed E-state index contributed by atoms with van der Waals surface area (Å²) in [5.41, 5.74) is 0. The first kappa shape index (κ1) is 40.5. The van der Waals surface area contributed by atoms with Crippen molar-refractivity contribution in [2.45, 2.75) is 199 Å². The van der Waals surface area contributed by atoms with E-state index in [2.05, 4.69) is 23.7 Å². The summed E-state index contributed by atoms with van der Waals surface area (Å²) < 4.78 is 15.8. The molecule has 0 aromatic carbocycles. The second-order valence-electron chi connectivity index (χ2n) is 12.2. The van der Waals surface area contributed by atoms with Crippen LogP contribution in [0.15, 0.2) is 0 Å². The molecule has 7 nitrogen and oxygen atoms in total. The number of aliphatic hydroxyl groups is 1. The smallest absolute Gasteiger partial charge is 0.391 e. The molecule has 0 fully saturated rings. The number of rotatable bonds is 32. The van der Waals surface area contributed by atoms with Gasteiger partial charge in [-0.1, -0.05) is 168 Å². The maximum atomic E-state index is 12.5. The molecule has 246 valence electrons. The lowest BCUT2D eigenvalue weighted by atomic mass is 10.0. The molecule has 0 bridgehead atoms. The SMILES string of the molecule is CCCCCCCCCCCCCCC[C@@H](O)[C@H](COP(=O)(O)O)NC(=O)CCCCCCCCCCCCCC. The number of phosphoric acid groups is 1. The third kappa shape index (κ3) is 30.8. The van der Waals surface area contributed by atoms with E-state index in [0.29, 0.717) is 12.8 Å². The highest BCUT2D eigenvalue weighted by molar-refractivity contribution is 7.46. The Labute approximate surface area is 253 Å². The van der Waals surface area contributed by atoms with E-state index in [4.69, 9.17) is 9.79 Å². The van der Waals surface area contributed by atoms with Crippen LogP contribution in [0.5, 0.6) is 0 Å². The number of nitrogens with one attached hydrogen (secondary N) is 1. The number of unbranched alkanes of at least 4 members (excludes halogenated alkanes) is 23. The fourth-order valence-electron chi connectivity index (χ4n) is 5.40. The fourth-order valence-corrected chi connectivity index (χ4v) is 5.76. The largest absolute Gasteiger partial charge is 0.469 e. The first-order valence-corrected chi connectivity index (χ1v) is 19.0. The number of hydrogen-bond donors (Lipinski definition) is 4. The summed E-state index contributed by atoms with van der Waals surface area (Å²) in [6.07, 6.45) is 30.8. The minimum Gasteiger partial charge on any atom is -0.391 e. The molecule has 0 unspecified atom stereocenters. The Kier molecular flexibility index (Phi) is 29.3. The molecule has 4 N–H and O–H groups in total. The molecule has 0 saturated heterocycles. The highest BCUT2D eigenvalue weighted by Gasteiger charge is 2.25. The predicted molar refractivity (Wildman–Crippen MR) is 172 cm³/mol. The van der Waals surface area contributed by atoms with Crippen LogP contribution in [0.25, 0.3) is 0 Å². The monoisotopic (exact) mass is 605 g/mol. The van der Waals surface area contributed by atoms with Crippen molar-refractivity contribution < 1.29 is 28.8 Å².